The molecule has 108 valence electrons. The van der Waals surface area contributed by atoms with Gasteiger partial charge in [-0.25, -0.2) is 17.6 Å². The Balaban J connectivity index is 0.000000180. The summed E-state index contributed by atoms with van der Waals surface area (Å²) in [5.74, 6) is -4.70. The number of hydrogen-bond acceptors (Lipinski definition) is 1. The summed E-state index contributed by atoms with van der Waals surface area (Å²) >= 11 is 2.17. The van der Waals surface area contributed by atoms with Crippen molar-refractivity contribution in [2.45, 2.75) is 50.4 Å². The number of rotatable bonds is 2. The third-order valence-electron chi connectivity index (χ3n) is 3.49. The van der Waals surface area contributed by atoms with Gasteiger partial charge in [-0.3, -0.25) is 0 Å². The Morgan fingerprint density at radius 3 is 1.56 bits per heavy atom. The normalized spacial score (nSPS) is 33.0. The molecule has 1 nitrogen and oxygen atoms in total. The average molecular weight is 382 g/mol. The first kappa shape index (κ1) is 16.5. The minimum absolute atomic E-state index is 0.0434. The Morgan fingerprint density at radius 1 is 0.944 bits per heavy atom. The topological polar surface area (TPSA) is 20.2 Å². The van der Waals surface area contributed by atoms with Crippen LogP contribution in [-0.2, 0) is 0 Å². The van der Waals surface area contributed by atoms with Crippen LogP contribution in [0.1, 0.15) is 38.5 Å². The zero-order valence-electron chi connectivity index (χ0n) is 10.1. The van der Waals surface area contributed by atoms with E-state index in [2.05, 4.69) is 22.6 Å². The molecule has 0 amide bonds. The van der Waals surface area contributed by atoms with Gasteiger partial charge in [-0.1, -0.05) is 22.6 Å². The van der Waals surface area contributed by atoms with E-state index in [1.807, 2.05) is 0 Å². The second-order valence-corrected chi connectivity index (χ2v) is 6.15. The summed E-state index contributed by atoms with van der Waals surface area (Å²) in [6.07, 6.45) is 1.26. The molecule has 2 aliphatic carbocycles. The van der Waals surface area contributed by atoms with Crippen molar-refractivity contribution in [3.63, 3.8) is 0 Å². The predicted octanol–water partition coefficient (Wildman–Crippen LogP) is 4.27. The third kappa shape index (κ3) is 5.59. The number of alkyl halides is 5. The molecule has 2 atom stereocenters. The van der Waals surface area contributed by atoms with Crippen LogP contribution in [0.25, 0.3) is 0 Å². The van der Waals surface area contributed by atoms with Gasteiger partial charge in [0.15, 0.2) is 0 Å². The first-order valence-corrected chi connectivity index (χ1v) is 7.73. The van der Waals surface area contributed by atoms with Crippen molar-refractivity contribution in [3.05, 3.63) is 0 Å². The van der Waals surface area contributed by atoms with E-state index in [9.17, 15) is 17.6 Å². The Kier molecular flexibility index (Phi) is 6.15. The monoisotopic (exact) mass is 382 g/mol. The molecule has 0 aromatic rings. The highest BCUT2D eigenvalue weighted by atomic mass is 127. The molecule has 2 aliphatic rings. The van der Waals surface area contributed by atoms with E-state index in [0.717, 1.165) is 10.8 Å². The molecule has 6 heteroatoms. The molecule has 0 bridgehead atoms. The second-order valence-electron chi connectivity index (χ2n) is 5.27. The SMILES string of the molecule is FC1(F)CCC(CI)C1.OCC1CCC(F)(F)C1. The molecular weight excluding hydrogens is 363 g/mol. The van der Waals surface area contributed by atoms with Crippen LogP contribution < -0.4 is 0 Å². The highest BCUT2D eigenvalue weighted by molar-refractivity contribution is 14.1. The number of hydrogen-bond donors (Lipinski definition) is 1. The summed E-state index contributed by atoms with van der Waals surface area (Å²) in [6, 6.07) is 0. The lowest BCUT2D eigenvalue weighted by Crippen LogP contribution is -2.10. The Morgan fingerprint density at radius 2 is 1.39 bits per heavy atom. The van der Waals surface area contributed by atoms with Gasteiger partial charge in [0, 0.05) is 36.7 Å². The quantitative estimate of drug-likeness (QED) is 0.430. The van der Waals surface area contributed by atoms with Gasteiger partial charge in [0.05, 0.1) is 0 Å². The summed E-state index contributed by atoms with van der Waals surface area (Å²) in [5, 5.41) is 8.46. The molecule has 2 saturated carbocycles. The second kappa shape index (κ2) is 6.72. The molecule has 0 aromatic heterocycles. The fourth-order valence-corrected chi connectivity index (χ4v) is 3.12. The molecule has 0 spiro atoms. The highest BCUT2D eigenvalue weighted by Crippen LogP contribution is 2.39. The van der Waals surface area contributed by atoms with Crippen LogP contribution in [0.4, 0.5) is 17.6 Å². The smallest absolute Gasteiger partial charge is 0.248 e. The van der Waals surface area contributed by atoms with Gasteiger partial charge in [-0.2, -0.15) is 0 Å². The van der Waals surface area contributed by atoms with Gasteiger partial charge < -0.3 is 5.11 Å². The number of aliphatic hydroxyl groups is 1. The Labute approximate surface area is 118 Å². The molecule has 18 heavy (non-hydrogen) atoms. The lowest BCUT2D eigenvalue weighted by atomic mass is 10.1. The molecule has 2 rings (SSSR count). The van der Waals surface area contributed by atoms with Gasteiger partial charge in [0.25, 0.3) is 0 Å². The summed E-state index contributed by atoms with van der Waals surface area (Å²) in [5.41, 5.74) is 0. The van der Waals surface area contributed by atoms with Crippen molar-refractivity contribution in [3.8, 4) is 0 Å². The van der Waals surface area contributed by atoms with Gasteiger partial charge in [-0.15, -0.1) is 0 Å². The van der Waals surface area contributed by atoms with Crippen molar-refractivity contribution < 1.29 is 22.7 Å². The van der Waals surface area contributed by atoms with Crippen molar-refractivity contribution >= 4 is 22.6 Å². The van der Waals surface area contributed by atoms with Crippen molar-refractivity contribution in [2.24, 2.45) is 11.8 Å². The lowest BCUT2D eigenvalue weighted by molar-refractivity contribution is 0.00217. The Hall–Kier alpha value is 0.410. The average Bonchev–Trinajstić information content (AvgIpc) is 2.81. The molecular formula is C12H19F4IO. The molecule has 0 radical (unpaired) electrons. The fourth-order valence-electron chi connectivity index (χ4n) is 2.37. The summed E-state index contributed by atoms with van der Waals surface area (Å²) in [4.78, 5) is 0. The molecule has 2 unspecified atom stereocenters. The number of aliphatic hydroxyl groups excluding tert-OH is 1. The zero-order chi connectivity index (χ0) is 13.8. The largest absolute Gasteiger partial charge is 0.396 e. The molecule has 1 N–H and O–H groups in total. The molecule has 0 aliphatic heterocycles. The van der Waals surface area contributed by atoms with Crippen molar-refractivity contribution in [2.75, 3.05) is 11.0 Å². The van der Waals surface area contributed by atoms with Crippen LogP contribution in [0.5, 0.6) is 0 Å². The summed E-state index contributed by atoms with van der Waals surface area (Å²) in [6.45, 7) is -0.0877. The fraction of sp³-hybridized carbons (Fsp3) is 1.00. The van der Waals surface area contributed by atoms with E-state index in [0.29, 0.717) is 6.42 Å². The van der Waals surface area contributed by atoms with Crippen LogP contribution in [0.15, 0.2) is 0 Å². The van der Waals surface area contributed by atoms with Gasteiger partial charge in [0.1, 0.15) is 0 Å². The first-order chi connectivity index (χ1) is 8.28. The van der Waals surface area contributed by atoms with E-state index >= 15 is 0 Å². The first-order valence-electron chi connectivity index (χ1n) is 6.20. The minimum Gasteiger partial charge on any atom is -0.396 e. The standard InChI is InChI=1S/C6H9F2I.C6H10F2O/c2*7-6(8)2-1-5(3-6)4-9/h5H,1-4H2;5,9H,1-4H2. The number of halogens is 5. The summed E-state index contributed by atoms with van der Waals surface area (Å²) in [7, 11) is 0. The van der Waals surface area contributed by atoms with E-state index in [1.165, 1.54) is 0 Å². The van der Waals surface area contributed by atoms with Crippen LogP contribution in [-0.4, -0.2) is 28.0 Å². The predicted molar refractivity (Wildman–Crippen MR) is 70.5 cm³/mol. The molecule has 2 fully saturated rings. The lowest BCUT2D eigenvalue weighted by Gasteiger charge is -2.06. The maximum absolute atomic E-state index is 12.4. The maximum Gasteiger partial charge on any atom is 0.248 e. The maximum atomic E-state index is 12.4. The van der Waals surface area contributed by atoms with E-state index in [-0.39, 0.29) is 44.1 Å². The Bertz CT molecular complexity index is 234. The van der Waals surface area contributed by atoms with Gasteiger partial charge in [0.2, 0.25) is 11.8 Å². The van der Waals surface area contributed by atoms with E-state index in [1.54, 1.807) is 0 Å². The zero-order valence-corrected chi connectivity index (χ0v) is 12.3. The molecule has 0 heterocycles. The van der Waals surface area contributed by atoms with Crippen molar-refractivity contribution in [1.82, 2.24) is 0 Å². The molecule has 0 saturated heterocycles. The van der Waals surface area contributed by atoms with Crippen molar-refractivity contribution in [1.29, 1.82) is 0 Å². The van der Waals surface area contributed by atoms with E-state index in [4.69, 9.17) is 5.11 Å². The molecule has 0 aromatic carbocycles. The third-order valence-corrected chi connectivity index (χ3v) is 4.73. The van der Waals surface area contributed by atoms with Gasteiger partial charge >= 0.3 is 0 Å². The minimum atomic E-state index is -2.49. The van der Waals surface area contributed by atoms with Gasteiger partial charge in [-0.05, 0) is 24.7 Å². The van der Waals surface area contributed by atoms with E-state index < -0.39 is 11.8 Å². The summed E-state index contributed by atoms with van der Waals surface area (Å²) < 4.78 is 50.2. The van der Waals surface area contributed by atoms with Crippen LogP contribution >= 0.6 is 22.6 Å². The van der Waals surface area contributed by atoms with Crippen LogP contribution in [0, 0.1) is 11.8 Å². The highest BCUT2D eigenvalue weighted by Gasteiger charge is 2.39. The van der Waals surface area contributed by atoms with Crippen LogP contribution in [0.3, 0.4) is 0 Å². The van der Waals surface area contributed by atoms with Crippen LogP contribution in [0.2, 0.25) is 0 Å².